The van der Waals surface area contributed by atoms with Gasteiger partial charge in [-0.1, -0.05) is 12.1 Å². The van der Waals surface area contributed by atoms with Crippen molar-refractivity contribution in [1.82, 2.24) is 4.98 Å². The lowest BCUT2D eigenvalue weighted by molar-refractivity contribution is 0.0691. The first kappa shape index (κ1) is 10.0. The van der Waals surface area contributed by atoms with Crippen LogP contribution in [-0.4, -0.2) is 21.2 Å². The molecule has 1 aromatic heterocycles. The zero-order valence-electron chi connectivity index (χ0n) is 7.91. The van der Waals surface area contributed by atoms with Gasteiger partial charge >= 0.3 is 5.97 Å². The van der Waals surface area contributed by atoms with Crippen LogP contribution >= 0.6 is 0 Å². The van der Waals surface area contributed by atoms with Crippen LogP contribution in [0, 0.1) is 4.91 Å². The molecule has 0 spiro atoms. The molecular formula is C10H6N2O4. The number of carboxylic acids is 1. The largest absolute Gasteiger partial charge is 0.506 e. The van der Waals surface area contributed by atoms with Crippen molar-refractivity contribution in [2.45, 2.75) is 0 Å². The third-order valence-electron chi connectivity index (χ3n) is 2.11. The number of nitrogens with zero attached hydrogens (tertiary/aromatic N) is 2. The minimum atomic E-state index is -1.28. The highest BCUT2D eigenvalue weighted by Crippen LogP contribution is 2.30. The van der Waals surface area contributed by atoms with Gasteiger partial charge in [0.1, 0.15) is 17.0 Å². The number of hydrogen-bond donors (Lipinski definition) is 2. The summed E-state index contributed by atoms with van der Waals surface area (Å²) in [4.78, 5) is 25.0. The maximum atomic E-state index is 10.7. The lowest BCUT2D eigenvalue weighted by atomic mass is 10.1. The number of hydrogen-bond acceptors (Lipinski definition) is 5. The van der Waals surface area contributed by atoms with Gasteiger partial charge in [-0.05, 0) is 11.2 Å². The molecule has 0 aliphatic carbocycles. The van der Waals surface area contributed by atoms with Crippen LogP contribution in [0.25, 0.3) is 10.9 Å². The third kappa shape index (κ3) is 1.46. The molecule has 16 heavy (non-hydrogen) atoms. The van der Waals surface area contributed by atoms with Crippen molar-refractivity contribution in [3.63, 3.8) is 0 Å². The summed E-state index contributed by atoms with van der Waals surface area (Å²) in [6, 6.07) is 5.48. The number of nitroso groups, excluding NO2 is 1. The Balaban J connectivity index is 2.89. The van der Waals surface area contributed by atoms with E-state index >= 15 is 0 Å². The van der Waals surface area contributed by atoms with Crippen LogP contribution < -0.4 is 0 Å². The fourth-order valence-corrected chi connectivity index (χ4v) is 1.40. The van der Waals surface area contributed by atoms with Crippen LogP contribution in [0.4, 0.5) is 5.69 Å². The Kier molecular flexibility index (Phi) is 2.24. The van der Waals surface area contributed by atoms with Gasteiger partial charge in [-0.3, -0.25) is 0 Å². The number of aromatic hydroxyl groups is 1. The van der Waals surface area contributed by atoms with E-state index in [1.165, 1.54) is 18.2 Å². The monoisotopic (exact) mass is 218 g/mol. The number of carbonyl (C=O) groups is 1. The first-order valence-corrected chi connectivity index (χ1v) is 4.33. The van der Waals surface area contributed by atoms with Gasteiger partial charge in [-0.25, -0.2) is 9.78 Å². The number of benzene rings is 1. The summed E-state index contributed by atoms with van der Waals surface area (Å²) in [6.45, 7) is 0. The van der Waals surface area contributed by atoms with Crippen molar-refractivity contribution in [3.05, 3.63) is 34.9 Å². The summed E-state index contributed by atoms with van der Waals surface area (Å²) in [7, 11) is 0. The summed E-state index contributed by atoms with van der Waals surface area (Å²) < 4.78 is 0. The van der Waals surface area contributed by atoms with E-state index < -0.39 is 5.97 Å². The molecule has 0 radical (unpaired) electrons. The van der Waals surface area contributed by atoms with Crippen molar-refractivity contribution >= 4 is 22.6 Å². The van der Waals surface area contributed by atoms with E-state index in [2.05, 4.69) is 10.2 Å². The van der Waals surface area contributed by atoms with Gasteiger partial charge in [0.05, 0.1) is 0 Å². The number of aromatic carboxylic acids is 1. The molecule has 0 amide bonds. The van der Waals surface area contributed by atoms with Gasteiger partial charge in [0.25, 0.3) is 0 Å². The van der Waals surface area contributed by atoms with Crippen LogP contribution in [0.3, 0.4) is 0 Å². The standard InChI is InChI=1S/C10H6N2O4/c13-8-3-1-2-5-6(12-16)4-7(10(14)15)11-9(5)8/h1-4,13H,(H,14,15). The van der Waals surface area contributed by atoms with E-state index in [0.29, 0.717) is 5.39 Å². The zero-order valence-corrected chi connectivity index (χ0v) is 7.91. The maximum absolute atomic E-state index is 10.7. The number of pyridine rings is 1. The third-order valence-corrected chi connectivity index (χ3v) is 2.11. The Bertz CT molecular complexity index is 595. The predicted molar refractivity (Wildman–Crippen MR) is 55.8 cm³/mol. The minimum Gasteiger partial charge on any atom is -0.506 e. The molecule has 0 fully saturated rings. The highest BCUT2D eigenvalue weighted by atomic mass is 16.4. The molecular weight excluding hydrogens is 212 g/mol. The lowest BCUT2D eigenvalue weighted by Crippen LogP contribution is -2.00. The molecule has 2 N–H and O–H groups in total. The van der Waals surface area contributed by atoms with Crippen LogP contribution in [0.1, 0.15) is 10.5 Å². The van der Waals surface area contributed by atoms with Crippen molar-refractivity contribution < 1.29 is 15.0 Å². The molecule has 80 valence electrons. The average Bonchev–Trinajstić information content (AvgIpc) is 2.28. The first-order chi connectivity index (χ1) is 7.63. The topological polar surface area (TPSA) is 99.9 Å². The average molecular weight is 218 g/mol. The molecule has 2 aromatic rings. The van der Waals surface area contributed by atoms with Crippen LogP contribution in [0.15, 0.2) is 29.4 Å². The molecule has 0 aliphatic rings. The summed E-state index contributed by atoms with van der Waals surface area (Å²) >= 11 is 0. The number of aromatic nitrogens is 1. The molecule has 2 rings (SSSR count). The molecule has 1 aromatic carbocycles. The molecule has 0 saturated heterocycles. The molecule has 0 saturated carbocycles. The zero-order chi connectivity index (χ0) is 11.7. The summed E-state index contributed by atoms with van der Waals surface area (Å²) in [5, 5.41) is 21.3. The van der Waals surface area contributed by atoms with Gasteiger partial charge in [0.15, 0.2) is 5.69 Å². The van der Waals surface area contributed by atoms with Gasteiger partial charge in [-0.2, -0.15) is 0 Å². The molecule has 0 unspecified atom stereocenters. The maximum Gasteiger partial charge on any atom is 0.354 e. The van der Waals surface area contributed by atoms with Crippen molar-refractivity contribution in [3.8, 4) is 5.75 Å². The second kappa shape index (κ2) is 3.58. The number of carboxylic acid groups (broad SMARTS) is 1. The number of para-hydroxylation sites is 1. The first-order valence-electron chi connectivity index (χ1n) is 4.33. The second-order valence-electron chi connectivity index (χ2n) is 3.10. The van der Waals surface area contributed by atoms with Crippen LogP contribution in [0.2, 0.25) is 0 Å². The molecule has 0 bridgehead atoms. The van der Waals surface area contributed by atoms with E-state index in [9.17, 15) is 14.8 Å². The fraction of sp³-hybridized carbons (Fsp3) is 0. The van der Waals surface area contributed by atoms with Crippen molar-refractivity contribution in [2.24, 2.45) is 5.18 Å². The number of phenolic OH excluding ortho intramolecular Hbond substituents is 1. The minimum absolute atomic E-state index is 0.0528. The Morgan fingerprint density at radius 2 is 2.12 bits per heavy atom. The molecule has 0 atom stereocenters. The van der Waals surface area contributed by atoms with Gasteiger partial charge in [-0.15, -0.1) is 4.91 Å². The SMILES string of the molecule is O=Nc1cc(C(=O)O)nc2c(O)cccc12. The number of phenols is 1. The molecule has 0 aliphatic heterocycles. The van der Waals surface area contributed by atoms with Gasteiger partial charge < -0.3 is 10.2 Å². The predicted octanol–water partition coefficient (Wildman–Crippen LogP) is 2.04. The fourth-order valence-electron chi connectivity index (χ4n) is 1.40. The number of rotatable bonds is 2. The van der Waals surface area contributed by atoms with E-state index in [1.54, 1.807) is 0 Å². The smallest absolute Gasteiger partial charge is 0.354 e. The normalized spacial score (nSPS) is 10.2. The van der Waals surface area contributed by atoms with Gasteiger partial charge in [0, 0.05) is 11.5 Å². The quantitative estimate of drug-likeness (QED) is 0.751. The second-order valence-corrected chi connectivity index (χ2v) is 3.10. The Labute approximate surface area is 89.1 Å². The Hall–Kier alpha value is -2.50. The van der Waals surface area contributed by atoms with Crippen molar-refractivity contribution in [1.29, 1.82) is 0 Å². The highest BCUT2D eigenvalue weighted by Gasteiger charge is 2.13. The highest BCUT2D eigenvalue weighted by molar-refractivity contribution is 5.98. The van der Waals surface area contributed by atoms with E-state index in [1.807, 2.05) is 0 Å². The Morgan fingerprint density at radius 3 is 2.75 bits per heavy atom. The summed E-state index contributed by atoms with van der Waals surface area (Å²) in [5.41, 5.74) is -0.334. The van der Waals surface area contributed by atoms with Gasteiger partial charge in [0.2, 0.25) is 0 Å². The van der Waals surface area contributed by atoms with E-state index in [4.69, 9.17) is 5.11 Å². The Morgan fingerprint density at radius 1 is 1.38 bits per heavy atom. The number of fused-ring (bicyclic) bond motifs is 1. The lowest BCUT2D eigenvalue weighted by Gasteiger charge is -2.03. The van der Waals surface area contributed by atoms with E-state index in [-0.39, 0.29) is 22.6 Å². The van der Waals surface area contributed by atoms with Crippen LogP contribution in [-0.2, 0) is 0 Å². The van der Waals surface area contributed by atoms with Crippen LogP contribution in [0.5, 0.6) is 5.75 Å². The van der Waals surface area contributed by atoms with Crippen molar-refractivity contribution in [2.75, 3.05) is 0 Å². The molecule has 6 nitrogen and oxygen atoms in total. The summed E-state index contributed by atoms with van der Waals surface area (Å²) in [6.07, 6.45) is 0. The molecule has 1 heterocycles. The molecule has 6 heteroatoms. The van der Waals surface area contributed by atoms with E-state index in [0.717, 1.165) is 6.07 Å². The summed E-state index contributed by atoms with van der Waals surface area (Å²) in [5.74, 6) is -1.47.